The van der Waals surface area contributed by atoms with Gasteiger partial charge in [-0.1, -0.05) is 0 Å². The summed E-state index contributed by atoms with van der Waals surface area (Å²) in [6, 6.07) is 2.66. The van der Waals surface area contributed by atoms with Crippen LogP contribution in [-0.2, 0) is 9.59 Å². The van der Waals surface area contributed by atoms with Crippen molar-refractivity contribution in [2.24, 2.45) is 0 Å². The highest BCUT2D eigenvalue weighted by Gasteiger charge is 2.30. The van der Waals surface area contributed by atoms with E-state index in [-0.39, 0.29) is 17.8 Å². The van der Waals surface area contributed by atoms with Gasteiger partial charge in [-0.3, -0.25) is 14.9 Å². The summed E-state index contributed by atoms with van der Waals surface area (Å²) < 4.78 is 15.8. The number of nitrogens with one attached hydrogen (secondary N) is 1. The minimum atomic E-state index is -0.654. The molecule has 2 aromatic rings. The molecule has 19 heavy (non-hydrogen) atoms. The molecule has 1 atom stereocenters. The van der Waals surface area contributed by atoms with E-state index in [2.05, 4.69) is 26.3 Å². The van der Waals surface area contributed by atoms with E-state index in [4.69, 9.17) is 0 Å². The molecular weight excluding hydrogens is 317 g/mol. The predicted molar refractivity (Wildman–Crippen MR) is 68.8 cm³/mol. The molecule has 1 fully saturated rings. The minimum absolute atomic E-state index is 0.230. The van der Waals surface area contributed by atoms with E-state index < -0.39 is 17.8 Å². The zero-order valence-electron chi connectivity index (χ0n) is 9.69. The van der Waals surface area contributed by atoms with Gasteiger partial charge in [-0.25, -0.2) is 9.07 Å². The third-order valence-electron chi connectivity index (χ3n) is 3.16. The van der Waals surface area contributed by atoms with Crippen LogP contribution in [0.5, 0.6) is 0 Å². The Bertz CT molecular complexity index is 698. The first kappa shape index (κ1) is 12.3. The Hall–Kier alpha value is -1.76. The summed E-state index contributed by atoms with van der Waals surface area (Å²) in [5.74, 6) is -1.21. The maximum Gasteiger partial charge on any atom is 0.251 e. The molecule has 1 unspecified atom stereocenters. The van der Waals surface area contributed by atoms with Crippen molar-refractivity contribution in [3.05, 3.63) is 28.6 Å². The number of aromatic nitrogens is 2. The lowest BCUT2D eigenvalue weighted by atomic mass is 10.1. The Morgan fingerprint density at radius 2 is 2.21 bits per heavy atom. The number of piperidine rings is 1. The van der Waals surface area contributed by atoms with Crippen molar-refractivity contribution in [3.8, 4) is 0 Å². The fourth-order valence-electron chi connectivity index (χ4n) is 2.23. The summed E-state index contributed by atoms with van der Waals surface area (Å²) in [5.41, 5.74) is 0.267. The van der Waals surface area contributed by atoms with Gasteiger partial charge < -0.3 is 0 Å². The van der Waals surface area contributed by atoms with E-state index in [0.29, 0.717) is 16.3 Å². The van der Waals surface area contributed by atoms with Crippen LogP contribution in [0.3, 0.4) is 0 Å². The van der Waals surface area contributed by atoms with E-state index in [0.717, 1.165) is 0 Å². The molecule has 1 aliphatic rings. The molecule has 1 saturated heterocycles. The lowest BCUT2D eigenvalue weighted by molar-refractivity contribution is -0.135. The Morgan fingerprint density at radius 3 is 2.95 bits per heavy atom. The first-order valence-electron chi connectivity index (χ1n) is 5.73. The number of rotatable bonds is 1. The number of halogens is 2. The van der Waals surface area contributed by atoms with Crippen LogP contribution in [0.25, 0.3) is 10.9 Å². The zero-order chi connectivity index (χ0) is 13.6. The molecule has 1 aromatic heterocycles. The van der Waals surface area contributed by atoms with Crippen molar-refractivity contribution in [3.63, 3.8) is 0 Å². The number of nitrogens with zero attached hydrogens (tertiary/aromatic N) is 2. The summed E-state index contributed by atoms with van der Waals surface area (Å²) in [6.07, 6.45) is 2.06. The maximum atomic E-state index is 14.1. The second-order valence-electron chi connectivity index (χ2n) is 4.36. The summed E-state index contributed by atoms with van der Waals surface area (Å²) in [6.45, 7) is 0. The second kappa shape index (κ2) is 4.41. The molecule has 1 aromatic carbocycles. The number of hydrogen-bond donors (Lipinski definition) is 1. The summed E-state index contributed by atoms with van der Waals surface area (Å²) in [5, 5.41) is 6.94. The summed E-state index contributed by atoms with van der Waals surface area (Å²) >= 11 is 3.11. The molecule has 98 valence electrons. The highest BCUT2D eigenvalue weighted by molar-refractivity contribution is 9.10. The Morgan fingerprint density at radius 1 is 1.42 bits per heavy atom. The van der Waals surface area contributed by atoms with Crippen LogP contribution in [0.1, 0.15) is 18.9 Å². The van der Waals surface area contributed by atoms with Crippen molar-refractivity contribution in [2.75, 3.05) is 0 Å². The van der Waals surface area contributed by atoms with Crippen LogP contribution >= 0.6 is 15.9 Å². The molecule has 5 nitrogen and oxygen atoms in total. The number of imide groups is 1. The maximum absolute atomic E-state index is 14.1. The molecule has 0 aliphatic carbocycles. The normalized spacial score (nSPS) is 19.8. The van der Waals surface area contributed by atoms with Crippen LogP contribution in [0.4, 0.5) is 4.39 Å². The second-order valence-corrected chi connectivity index (χ2v) is 5.21. The van der Waals surface area contributed by atoms with Crippen LogP contribution in [-0.4, -0.2) is 21.6 Å². The summed E-state index contributed by atoms with van der Waals surface area (Å²) in [4.78, 5) is 22.9. The largest absolute Gasteiger partial charge is 0.295 e. The predicted octanol–water partition coefficient (Wildman–Crippen LogP) is 1.92. The van der Waals surface area contributed by atoms with Crippen LogP contribution < -0.4 is 5.32 Å². The fourth-order valence-corrected chi connectivity index (χ4v) is 2.55. The van der Waals surface area contributed by atoms with Crippen molar-refractivity contribution in [1.82, 2.24) is 15.1 Å². The molecule has 1 aliphatic heterocycles. The molecule has 1 N–H and O–H groups in total. The quantitative estimate of drug-likeness (QED) is 0.815. The molecule has 0 saturated carbocycles. The van der Waals surface area contributed by atoms with Gasteiger partial charge in [0.05, 0.1) is 10.7 Å². The average molecular weight is 326 g/mol. The lowest BCUT2D eigenvalue weighted by Crippen LogP contribution is -2.42. The number of fused-ring (bicyclic) bond motifs is 1. The SMILES string of the molecule is O=C1CCC(n2ncc3ccc(Br)c(F)c32)C(=O)N1. The highest BCUT2D eigenvalue weighted by Crippen LogP contribution is 2.29. The Kier molecular flexibility index (Phi) is 2.85. The molecule has 0 spiro atoms. The van der Waals surface area contributed by atoms with Crippen molar-refractivity contribution < 1.29 is 14.0 Å². The van der Waals surface area contributed by atoms with E-state index in [1.165, 1.54) is 10.9 Å². The molecule has 7 heteroatoms. The summed E-state index contributed by atoms with van der Waals surface area (Å²) in [7, 11) is 0. The Labute approximate surface area is 115 Å². The van der Waals surface area contributed by atoms with E-state index in [9.17, 15) is 14.0 Å². The molecule has 2 amide bonds. The minimum Gasteiger partial charge on any atom is -0.295 e. The van der Waals surface area contributed by atoms with Gasteiger partial charge in [-0.15, -0.1) is 0 Å². The average Bonchev–Trinajstić information content (AvgIpc) is 2.78. The van der Waals surface area contributed by atoms with Crippen LogP contribution in [0.15, 0.2) is 22.8 Å². The number of benzene rings is 1. The van der Waals surface area contributed by atoms with Crippen LogP contribution in [0.2, 0.25) is 0 Å². The molecular formula is C12H9BrFN3O2. The lowest BCUT2D eigenvalue weighted by Gasteiger charge is -2.21. The number of hydrogen-bond acceptors (Lipinski definition) is 3. The number of amides is 2. The van der Waals surface area contributed by atoms with Gasteiger partial charge in [-0.2, -0.15) is 5.10 Å². The first-order valence-corrected chi connectivity index (χ1v) is 6.52. The zero-order valence-corrected chi connectivity index (χ0v) is 11.3. The highest BCUT2D eigenvalue weighted by atomic mass is 79.9. The smallest absolute Gasteiger partial charge is 0.251 e. The van der Waals surface area contributed by atoms with Gasteiger partial charge in [-0.05, 0) is 34.5 Å². The molecule has 2 heterocycles. The van der Waals surface area contributed by atoms with E-state index in [1.54, 1.807) is 12.1 Å². The van der Waals surface area contributed by atoms with Crippen molar-refractivity contribution in [1.29, 1.82) is 0 Å². The first-order chi connectivity index (χ1) is 9.08. The van der Waals surface area contributed by atoms with Crippen molar-refractivity contribution >= 4 is 38.6 Å². The van der Waals surface area contributed by atoms with Gasteiger partial charge >= 0.3 is 0 Å². The standard InChI is InChI=1S/C12H9BrFN3O2/c13-7-2-1-6-5-15-17(11(6)10(7)14)8-3-4-9(18)16-12(8)19/h1-2,5,8H,3-4H2,(H,16,18,19). The molecule has 0 bridgehead atoms. The fraction of sp³-hybridized carbons (Fsp3) is 0.250. The van der Waals surface area contributed by atoms with Gasteiger partial charge in [0.1, 0.15) is 11.6 Å². The topological polar surface area (TPSA) is 64.0 Å². The van der Waals surface area contributed by atoms with Crippen molar-refractivity contribution in [2.45, 2.75) is 18.9 Å². The Balaban J connectivity index is 2.13. The van der Waals surface area contributed by atoms with Crippen LogP contribution in [0, 0.1) is 5.82 Å². The van der Waals surface area contributed by atoms with E-state index in [1.807, 2.05) is 0 Å². The molecule has 3 rings (SSSR count). The monoisotopic (exact) mass is 325 g/mol. The van der Waals surface area contributed by atoms with Gasteiger partial charge in [0.2, 0.25) is 5.91 Å². The third kappa shape index (κ3) is 1.94. The van der Waals surface area contributed by atoms with Gasteiger partial charge in [0.15, 0.2) is 5.82 Å². The third-order valence-corrected chi connectivity index (χ3v) is 3.77. The number of carbonyl (C=O) groups is 2. The van der Waals surface area contributed by atoms with Gasteiger partial charge in [0.25, 0.3) is 5.91 Å². The number of carbonyl (C=O) groups excluding carboxylic acids is 2. The van der Waals surface area contributed by atoms with E-state index >= 15 is 0 Å². The van der Waals surface area contributed by atoms with Gasteiger partial charge in [0, 0.05) is 11.8 Å². The molecule has 0 radical (unpaired) electrons.